The van der Waals surface area contributed by atoms with Crippen molar-refractivity contribution in [2.75, 3.05) is 5.75 Å². The second-order valence-electron chi connectivity index (χ2n) is 4.30. The molecule has 6 heteroatoms. The first-order valence-electron chi connectivity index (χ1n) is 4.29. The molecule has 3 N–H and O–H groups in total. The SMILES string of the molecule is CC(C)(C)C(=O)[C@@H](N)CCS(=O)(=O)O. The maximum absolute atomic E-state index is 11.5. The fourth-order valence-corrected chi connectivity index (χ4v) is 1.51. The largest absolute Gasteiger partial charge is 0.321 e. The van der Waals surface area contributed by atoms with Crippen LogP contribution in [-0.4, -0.2) is 30.5 Å². The summed E-state index contributed by atoms with van der Waals surface area (Å²) in [5.74, 6) is -0.683. The Hall–Kier alpha value is -0.460. The Kier molecular flexibility index (Phi) is 4.23. The number of Topliss-reactive ketones (excluding diaryl/α,β-unsaturated/α-hetero) is 1. The van der Waals surface area contributed by atoms with E-state index in [1.807, 2.05) is 0 Å². The van der Waals surface area contributed by atoms with E-state index in [0.717, 1.165) is 0 Å². The number of ketones is 1. The van der Waals surface area contributed by atoms with E-state index in [0.29, 0.717) is 0 Å². The van der Waals surface area contributed by atoms with Crippen molar-refractivity contribution in [3.63, 3.8) is 0 Å². The fraction of sp³-hybridized carbons (Fsp3) is 0.875. The molecule has 0 aliphatic carbocycles. The summed E-state index contributed by atoms with van der Waals surface area (Å²) >= 11 is 0. The first-order chi connectivity index (χ1) is 6.04. The monoisotopic (exact) mass is 223 g/mol. The molecule has 0 fully saturated rings. The summed E-state index contributed by atoms with van der Waals surface area (Å²) in [5, 5.41) is 0. The average molecular weight is 223 g/mol. The standard InChI is InChI=1S/C8H17NO4S/c1-8(2,3)7(10)6(9)4-5-14(11,12)13/h6H,4-5,9H2,1-3H3,(H,11,12,13)/t6-/m0/s1. The van der Waals surface area contributed by atoms with Crippen molar-refractivity contribution in [3.05, 3.63) is 0 Å². The molecule has 0 bridgehead atoms. The van der Waals surface area contributed by atoms with Crippen molar-refractivity contribution in [2.24, 2.45) is 11.1 Å². The Morgan fingerprint density at radius 3 is 2.14 bits per heavy atom. The third-order valence-electron chi connectivity index (χ3n) is 1.76. The lowest BCUT2D eigenvalue weighted by Gasteiger charge is -2.21. The van der Waals surface area contributed by atoms with Crippen LogP contribution in [0.4, 0.5) is 0 Å². The van der Waals surface area contributed by atoms with E-state index >= 15 is 0 Å². The van der Waals surface area contributed by atoms with Gasteiger partial charge >= 0.3 is 0 Å². The molecule has 0 radical (unpaired) electrons. The summed E-state index contributed by atoms with van der Waals surface area (Å²) in [6, 6.07) is -0.836. The Labute approximate surface area is 84.4 Å². The molecule has 0 rings (SSSR count). The first-order valence-corrected chi connectivity index (χ1v) is 5.90. The van der Waals surface area contributed by atoms with Gasteiger partial charge in [-0.2, -0.15) is 8.42 Å². The van der Waals surface area contributed by atoms with Gasteiger partial charge < -0.3 is 5.73 Å². The average Bonchev–Trinajstić information content (AvgIpc) is 1.95. The van der Waals surface area contributed by atoms with E-state index in [1.54, 1.807) is 20.8 Å². The minimum absolute atomic E-state index is 0.0467. The second kappa shape index (κ2) is 4.37. The van der Waals surface area contributed by atoms with Crippen molar-refractivity contribution in [1.82, 2.24) is 0 Å². The molecular formula is C8H17NO4S. The zero-order chi connectivity index (χ0) is 11.6. The van der Waals surface area contributed by atoms with E-state index in [9.17, 15) is 13.2 Å². The van der Waals surface area contributed by atoms with Crippen LogP contribution in [0.3, 0.4) is 0 Å². The van der Waals surface area contributed by atoms with Crippen LogP contribution in [0, 0.1) is 5.41 Å². The van der Waals surface area contributed by atoms with Crippen molar-refractivity contribution < 1.29 is 17.8 Å². The van der Waals surface area contributed by atoms with Gasteiger partial charge in [0.25, 0.3) is 10.1 Å². The van der Waals surface area contributed by atoms with Gasteiger partial charge in [0.15, 0.2) is 5.78 Å². The molecule has 5 nitrogen and oxygen atoms in total. The minimum atomic E-state index is -4.03. The summed E-state index contributed by atoms with van der Waals surface area (Å²) in [7, 11) is -4.03. The molecule has 0 aromatic heterocycles. The van der Waals surface area contributed by atoms with E-state index in [2.05, 4.69) is 0 Å². The molecule has 14 heavy (non-hydrogen) atoms. The zero-order valence-electron chi connectivity index (χ0n) is 8.65. The molecule has 1 atom stereocenters. The lowest BCUT2D eigenvalue weighted by Crippen LogP contribution is -2.40. The second-order valence-corrected chi connectivity index (χ2v) is 5.87. The van der Waals surface area contributed by atoms with Gasteiger partial charge in [-0.3, -0.25) is 9.35 Å². The molecule has 0 saturated carbocycles. The van der Waals surface area contributed by atoms with Gasteiger partial charge in [-0.05, 0) is 6.42 Å². The van der Waals surface area contributed by atoms with Crippen molar-refractivity contribution >= 4 is 15.9 Å². The Morgan fingerprint density at radius 1 is 1.43 bits per heavy atom. The summed E-state index contributed by atoms with van der Waals surface area (Å²) in [6.07, 6.45) is -0.0467. The fourth-order valence-electron chi connectivity index (χ4n) is 0.963. The van der Waals surface area contributed by atoms with E-state index in [-0.39, 0.29) is 12.2 Å². The van der Waals surface area contributed by atoms with Crippen LogP contribution in [0.5, 0.6) is 0 Å². The predicted octanol–water partition coefficient (Wildman–Crippen LogP) is 0.207. The number of rotatable bonds is 4. The van der Waals surface area contributed by atoms with Crippen LogP contribution in [0.15, 0.2) is 0 Å². The van der Waals surface area contributed by atoms with Gasteiger partial charge in [0.2, 0.25) is 0 Å². The molecule has 0 amide bonds. The van der Waals surface area contributed by atoms with E-state index in [1.165, 1.54) is 0 Å². The van der Waals surface area contributed by atoms with E-state index < -0.39 is 27.3 Å². The first kappa shape index (κ1) is 13.5. The summed E-state index contributed by atoms with van der Waals surface area (Å²) in [5.41, 5.74) is 4.90. The third-order valence-corrected chi connectivity index (χ3v) is 2.51. The maximum atomic E-state index is 11.5. The van der Waals surface area contributed by atoms with Gasteiger partial charge in [0.05, 0.1) is 11.8 Å². The van der Waals surface area contributed by atoms with Gasteiger partial charge in [-0.15, -0.1) is 0 Å². The van der Waals surface area contributed by atoms with Crippen molar-refractivity contribution in [3.8, 4) is 0 Å². The molecule has 84 valence electrons. The van der Waals surface area contributed by atoms with Gasteiger partial charge in [0, 0.05) is 5.41 Å². The van der Waals surface area contributed by atoms with Crippen LogP contribution >= 0.6 is 0 Å². The molecule has 0 aliphatic rings. The van der Waals surface area contributed by atoms with Crippen LogP contribution < -0.4 is 5.73 Å². The number of carbonyl (C=O) groups is 1. The highest BCUT2D eigenvalue weighted by molar-refractivity contribution is 7.85. The Balaban J connectivity index is 4.24. The number of nitrogens with two attached hydrogens (primary N) is 1. The smallest absolute Gasteiger partial charge is 0.264 e. The highest BCUT2D eigenvalue weighted by atomic mass is 32.2. The Morgan fingerprint density at radius 2 is 1.86 bits per heavy atom. The highest BCUT2D eigenvalue weighted by Gasteiger charge is 2.27. The molecule has 0 heterocycles. The quantitative estimate of drug-likeness (QED) is 0.664. The minimum Gasteiger partial charge on any atom is -0.321 e. The lowest BCUT2D eigenvalue weighted by molar-refractivity contribution is -0.127. The van der Waals surface area contributed by atoms with Crippen LogP contribution in [0.2, 0.25) is 0 Å². The van der Waals surface area contributed by atoms with Crippen molar-refractivity contribution in [1.29, 1.82) is 0 Å². The highest BCUT2D eigenvalue weighted by Crippen LogP contribution is 2.17. The number of hydrogen-bond donors (Lipinski definition) is 2. The predicted molar refractivity (Wildman–Crippen MR) is 53.5 cm³/mol. The third kappa shape index (κ3) is 5.31. The molecule has 0 aromatic rings. The summed E-state index contributed by atoms with van der Waals surface area (Å²) in [6.45, 7) is 5.13. The van der Waals surface area contributed by atoms with Crippen LogP contribution in [-0.2, 0) is 14.9 Å². The molecule has 0 aromatic carbocycles. The van der Waals surface area contributed by atoms with Crippen molar-refractivity contribution in [2.45, 2.75) is 33.2 Å². The van der Waals surface area contributed by atoms with Gasteiger partial charge in [-0.25, -0.2) is 0 Å². The number of hydrogen-bond acceptors (Lipinski definition) is 4. The maximum Gasteiger partial charge on any atom is 0.264 e. The molecule has 0 saturated heterocycles. The van der Waals surface area contributed by atoms with Gasteiger partial charge in [-0.1, -0.05) is 20.8 Å². The molecule has 0 aliphatic heterocycles. The van der Waals surface area contributed by atoms with Crippen LogP contribution in [0.25, 0.3) is 0 Å². The van der Waals surface area contributed by atoms with Gasteiger partial charge in [0.1, 0.15) is 0 Å². The molecule has 0 spiro atoms. The van der Waals surface area contributed by atoms with E-state index in [4.69, 9.17) is 10.3 Å². The molecule has 0 unspecified atom stereocenters. The zero-order valence-corrected chi connectivity index (χ0v) is 9.47. The summed E-state index contributed by atoms with van der Waals surface area (Å²) < 4.78 is 29.2. The summed E-state index contributed by atoms with van der Waals surface area (Å²) in [4.78, 5) is 11.5. The number of carbonyl (C=O) groups excluding carboxylic acids is 1. The normalized spacial score (nSPS) is 15.2. The van der Waals surface area contributed by atoms with Crippen LogP contribution in [0.1, 0.15) is 27.2 Å². The Bertz CT molecular complexity index is 302. The lowest BCUT2D eigenvalue weighted by atomic mass is 9.86. The topological polar surface area (TPSA) is 97.5 Å². The molecular weight excluding hydrogens is 206 g/mol.